The number of nitriles is 1. The van der Waals surface area contributed by atoms with E-state index >= 15 is 0 Å². The van der Waals surface area contributed by atoms with E-state index in [1.165, 1.54) is 108 Å². The van der Waals surface area contributed by atoms with Gasteiger partial charge in [-0.1, -0.05) is 77.6 Å². The molecule has 1 aromatic carbocycles. The second-order valence-corrected chi connectivity index (χ2v) is 10.9. The van der Waals surface area contributed by atoms with Gasteiger partial charge >= 0.3 is 5.97 Å². The topological polar surface area (TPSA) is 50.1 Å². The Hall–Kier alpha value is -1.89. The minimum Gasteiger partial charge on any atom is -0.426 e. The van der Waals surface area contributed by atoms with Gasteiger partial charge in [0, 0.05) is 12.5 Å². The van der Waals surface area contributed by atoms with Crippen molar-refractivity contribution in [2.24, 2.45) is 23.7 Å². The van der Waals surface area contributed by atoms with Crippen LogP contribution < -0.4 is 4.74 Å². The maximum absolute atomic E-state index is 13.7. The molecule has 188 valence electrons. The summed E-state index contributed by atoms with van der Waals surface area (Å²) in [7, 11) is 0. The first-order valence-electron chi connectivity index (χ1n) is 14.0. The number of carbonyl (C=O) groups excluding carboxylic acids is 1. The lowest BCUT2D eigenvalue weighted by molar-refractivity contribution is -0.134. The molecule has 0 spiro atoms. The van der Waals surface area contributed by atoms with Crippen LogP contribution in [0.5, 0.6) is 5.75 Å². The number of hydrogen-bond acceptors (Lipinski definition) is 3. The van der Waals surface area contributed by atoms with Crippen molar-refractivity contribution in [3.63, 3.8) is 0 Å². The Labute approximate surface area is 206 Å². The number of benzene rings is 1. The molecular weight excluding hydrogens is 425 g/mol. The largest absolute Gasteiger partial charge is 0.426 e. The first-order valence-corrected chi connectivity index (χ1v) is 14.0. The molecule has 0 unspecified atom stereocenters. The third-order valence-corrected chi connectivity index (χ3v) is 8.46. The van der Waals surface area contributed by atoms with E-state index in [1.807, 2.05) is 0 Å². The maximum Gasteiger partial charge on any atom is 0.311 e. The monoisotopic (exact) mass is 469 g/mol. The lowest BCUT2D eigenvalue weighted by atomic mass is 9.68. The molecule has 2 fully saturated rings. The van der Waals surface area contributed by atoms with Gasteiger partial charge in [-0.25, -0.2) is 4.39 Å². The van der Waals surface area contributed by atoms with E-state index in [9.17, 15) is 9.18 Å². The Morgan fingerprint density at radius 3 is 2.09 bits per heavy atom. The summed E-state index contributed by atoms with van der Waals surface area (Å²) < 4.78 is 19.0. The van der Waals surface area contributed by atoms with Crippen LogP contribution in [0.2, 0.25) is 0 Å². The zero-order chi connectivity index (χ0) is 24.2. The van der Waals surface area contributed by atoms with Gasteiger partial charge in [-0.3, -0.25) is 4.79 Å². The second-order valence-electron chi connectivity index (χ2n) is 10.9. The van der Waals surface area contributed by atoms with Gasteiger partial charge in [0.2, 0.25) is 0 Å². The molecule has 1 aromatic rings. The van der Waals surface area contributed by atoms with Gasteiger partial charge in [0.05, 0.1) is 5.56 Å². The highest BCUT2D eigenvalue weighted by atomic mass is 19.1. The van der Waals surface area contributed by atoms with E-state index in [-0.39, 0.29) is 17.3 Å². The van der Waals surface area contributed by atoms with E-state index in [0.717, 1.165) is 30.2 Å². The van der Waals surface area contributed by atoms with Crippen molar-refractivity contribution < 1.29 is 13.9 Å². The molecule has 0 saturated heterocycles. The normalized spacial score (nSPS) is 25.0. The minimum atomic E-state index is -0.650. The lowest BCUT2D eigenvalue weighted by Crippen LogP contribution is -2.26. The summed E-state index contributed by atoms with van der Waals surface area (Å²) in [6, 6.07) is 5.72. The molecule has 0 heterocycles. The van der Waals surface area contributed by atoms with E-state index in [4.69, 9.17) is 10.00 Å². The van der Waals surface area contributed by atoms with Crippen molar-refractivity contribution >= 4 is 5.97 Å². The van der Waals surface area contributed by atoms with Crippen LogP contribution in [0.1, 0.15) is 122 Å². The summed E-state index contributed by atoms with van der Waals surface area (Å²) >= 11 is 0. The fraction of sp³-hybridized carbons (Fsp3) is 0.733. The molecular formula is C30H44FNO2. The summed E-state index contributed by atoms with van der Waals surface area (Å²) in [4.78, 5) is 12.2. The van der Waals surface area contributed by atoms with Gasteiger partial charge < -0.3 is 4.74 Å². The van der Waals surface area contributed by atoms with Gasteiger partial charge in [-0.2, -0.15) is 5.26 Å². The van der Waals surface area contributed by atoms with Crippen molar-refractivity contribution in [3.8, 4) is 11.8 Å². The minimum absolute atomic E-state index is 0.0390. The smallest absolute Gasteiger partial charge is 0.311 e. The van der Waals surface area contributed by atoms with Crippen molar-refractivity contribution in [1.82, 2.24) is 0 Å². The molecule has 3 nitrogen and oxygen atoms in total. The quantitative estimate of drug-likeness (QED) is 0.175. The van der Waals surface area contributed by atoms with Gasteiger partial charge in [0.25, 0.3) is 0 Å². The molecule has 34 heavy (non-hydrogen) atoms. The van der Waals surface area contributed by atoms with Crippen LogP contribution in [0.4, 0.5) is 4.39 Å². The Balaban J connectivity index is 1.27. The third kappa shape index (κ3) is 8.71. The number of rotatable bonds is 12. The lowest BCUT2D eigenvalue weighted by Gasteiger charge is -2.38. The van der Waals surface area contributed by atoms with Crippen molar-refractivity contribution in [1.29, 1.82) is 5.26 Å². The molecule has 0 atom stereocenters. The predicted octanol–water partition coefficient (Wildman–Crippen LogP) is 8.75. The summed E-state index contributed by atoms with van der Waals surface area (Å²) in [5.74, 6) is 2.62. The number of carbonyl (C=O) groups is 1. The average molecular weight is 470 g/mol. The van der Waals surface area contributed by atoms with Gasteiger partial charge in [0.15, 0.2) is 0 Å². The Bertz CT molecular complexity index is 785. The van der Waals surface area contributed by atoms with Crippen LogP contribution in [0.15, 0.2) is 18.2 Å². The fourth-order valence-electron chi connectivity index (χ4n) is 6.26. The Kier molecular flexibility index (Phi) is 11.4. The number of unbranched alkanes of at least 4 members (excludes halogenated alkanes) is 5. The Morgan fingerprint density at radius 1 is 0.912 bits per heavy atom. The zero-order valence-corrected chi connectivity index (χ0v) is 21.2. The Morgan fingerprint density at radius 2 is 1.50 bits per heavy atom. The molecule has 0 N–H and O–H groups in total. The van der Waals surface area contributed by atoms with Crippen LogP contribution in [0, 0.1) is 40.8 Å². The van der Waals surface area contributed by atoms with Crippen LogP contribution in [-0.4, -0.2) is 5.97 Å². The average Bonchev–Trinajstić information content (AvgIpc) is 2.86. The van der Waals surface area contributed by atoms with E-state index in [2.05, 4.69) is 6.92 Å². The fourth-order valence-corrected chi connectivity index (χ4v) is 6.26. The van der Waals surface area contributed by atoms with E-state index in [1.54, 1.807) is 6.07 Å². The van der Waals surface area contributed by atoms with Gasteiger partial charge in [-0.05, 0) is 67.9 Å². The number of esters is 1. The van der Waals surface area contributed by atoms with E-state index < -0.39 is 5.82 Å². The summed E-state index contributed by atoms with van der Waals surface area (Å²) in [6.07, 6.45) is 22.0. The molecule has 0 aliphatic heterocycles. The zero-order valence-electron chi connectivity index (χ0n) is 21.2. The molecule has 4 heteroatoms. The first-order chi connectivity index (χ1) is 16.6. The molecule has 0 amide bonds. The predicted molar refractivity (Wildman–Crippen MR) is 135 cm³/mol. The number of nitrogens with zero attached hydrogens (tertiary/aromatic N) is 1. The van der Waals surface area contributed by atoms with Crippen LogP contribution in [-0.2, 0) is 4.79 Å². The van der Waals surface area contributed by atoms with Crippen molar-refractivity contribution in [3.05, 3.63) is 29.6 Å². The highest BCUT2D eigenvalue weighted by Crippen LogP contribution is 2.43. The van der Waals surface area contributed by atoms with Crippen LogP contribution in [0.25, 0.3) is 0 Å². The van der Waals surface area contributed by atoms with Gasteiger partial charge in [0.1, 0.15) is 17.6 Å². The highest BCUT2D eigenvalue weighted by molar-refractivity contribution is 5.72. The summed E-state index contributed by atoms with van der Waals surface area (Å²) in [5, 5.41) is 8.80. The van der Waals surface area contributed by atoms with Crippen molar-refractivity contribution in [2.45, 2.75) is 116 Å². The second kappa shape index (κ2) is 14.5. The molecule has 0 bridgehead atoms. The summed E-state index contributed by atoms with van der Waals surface area (Å²) in [6.45, 7) is 2.28. The maximum atomic E-state index is 13.7. The number of hydrogen-bond donors (Lipinski definition) is 0. The highest BCUT2D eigenvalue weighted by Gasteiger charge is 2.30. The molecule has 3 rings (SSSR count). The molecule has 2 saturated carbocycles. The van der Waals surface area contributed by atoms with Gasteiger partial charge in [-0.15, -0.1) is 0 Å². The summed E-state index contributed by atoms with van der Waals surface area (Å²) in [5.41, 5.74) is -0.0390. The molecule has 0 radical (unpaired) electrons. The van der Waals surface area contributed by atoms with Crippen molar-refractivity contribution in [2.75, 3.05) is 0 Å². The van der Waals surface area contributed by atoms with Crippen LogP contribution >= 0.6 is 0 Å². The number of halogens is 1. The van der Waals surface area contributed by atoms with E-state index in [0.29, 0.717) is 12.3 Å². The standard InChI is InChI=1S/C30H44FNO2/c1-2-3-4-5-6-7-8-23-9-14-25(15-10-23)26-16-11-24(12-17-26)13-20-30(33)34-28-19-18-27(22-32)29(31)21-28/h18-19,21,23-26H,2-17,20H2,1H3. The molecule has 2 aliphatic rings. The third-order valence-electron chi connectivity index (χ3n) is 8.46. The molecule has 2 aliphatic carbocycles. The molecule has 0 aromatic heterocycles. The first kappa shape index (κ1) is 26.7. The SMILES string of the molecule is CCCCCCCCC1CCC(C2CCC(CCC(=O)Oc3ccc(C#N)c(F)c3)CC2)CC1. The number of ether oxygens (including phenoxy) is 1. The van der Waals surface area contributed by atoms with Crippen LogP contribution in [0.3, 0.4) is 0 Å².